The summed E-state index contributed by atoms with van der Waals surface area (Å²) in [5, 5.41) is 7.16. The van der Waals surface area contributed by atoms with Crippen LogP contribution in [0.4, 0.5) is 0 Å². The molecule has 2 heterocycles. The summed E-state index contributed by atoms with van der Waals surface area (Å²) in [7, 11) is -3.47. The molecule has 1 aliphatic heterocycles. The van der Waals surface area contributed by atoms with Crippen LogP contribution >= 0.6 is 0 Å². The van der Waals surface area contributed by atoms with Gasteiger partial charge in [0.05, 0.1) is 12.2 Å². The highest BCUT2D eigenvalue weighted by molar-refractivity contribution is 7.87. The van der Waals surface area contributed by atoms with Gasteiger partial charge in [-0.15, -0.1) is 0 Å². The number of nitrogens with zero attached hydrogens (tertiary/aromatic N) is 2. The van der Waals surface area contributed by atoms with Crippen LogP contribution in [0, 0.1) is 0 Å². The first kappa shape index (κ1) is 15.0. The third-order valence-corrected chi connectivity index (χ3v) is 5.64. The van der Waals surface area contributed by atoms with Crippen molar-refractivity contribution >= 4 is 10.2 Å². The summed E-state index contributed by atoms with van der Waals surface area (Å²) in [6.45, 7) is 1.50. The first-order chi connectivity index (χ1) is 10.1. The molecule has 118 valence electrons. The molecule has 1 aliphatic carbocycles. The Morgan fingerprint density at radius 3 is 2.90 bits per heavy atom. The Morgan fingerprint density at radius 1 is 1.33 bits per heavy atom. The minimum absolute atomic E-state index is 0.0501. The number of rotatable bonds is 7. The molecule has 0 bridgehead atoms. The fourth-order valence-electron chi connectivity index (χ4n) is 2.66. The van der Waals surface area contributed by atoms with Gasteiger partial charge in [-0.25, -0.2) is 0 Å². The molecule has 1 aromatic rings. The summed E-state index contributed by atoms with van der Waals surface area (Å²) in [5.41, 5.74) is 0.586. The summed E-state index contributed by atoms with van der Waals surface area (Å²) in [4.78, 5) is 0. The Hall–Kier alpha value is -0.960. The molecule has 1 unspecified atom stereocenters. The second-order valence-electron chi connectivity index (χ2n) is 5.76. The summed E-state index contributed by atoms with van der Waals surface area (Å²) < 4.78 is 33.9. The molecular formula is C13H22N4O3S. The van der Waals surface area contributed by atoms with Crippen molar-refractivity contribution in [3.8, 4) is 0 Å². The summed E-state index contributed by atoms with van der Waals surface area (Å²) in [6.07, 6.45) is 6.79. The zero-order valence-electron chi connectivity index (χ0n) is 12.0. The molecule has 8 heteroatoms. The van der Waals surface area contributed by atoms with Gasteiger partial charge in [-0.3, -0.25) is 0 Å². The van der Waals surface area contributed by atoms with E-state index in [1.165, 1.54) is 19.1 Å². The Labute approximate surface area is 125 Å². The van der Waals surface area contributed by atoms with Gasteiger partial charge in [0.15, 0.2) is 0 Å². The van der Waals surface area contributed by atoms with Gasteiger partial charge in [0.1, 0.15) is 6.26 Å². The Morgan fingerprint density at radius 2 is 2.19 bits per heavy atom. The molecule has 0 spiro atoms. The van der Waals surface area contributed by atoms with Gasteiger partial charge in [-0.1, -0.05) is 11.6 Å². The Kier molecular flexibility index (Phi) is 4.58. The lowest BCUT2D eigenvalue weighted by Gasteiger charge is -2.34. The average molecular weight is 314 g/mol. The van der Waals surface area contributed by atoms with Crippen molar-refractivity contribution < 1.29 is 12.9 Å². The number of hydrogen-bond donors (Lipinski definition) is 2. The van der Waals surface area contributed by atoms with E-state index < -0.39 is 10.2 Å². The molecule has 0 radical (unpaired) electrons. The smallest absolute Gasteiger partial charge is 0.280 e. The lowest BCUT2D eigenvalue weighted by Crippen LogP contribution is -2.52. The van der Waals surface area contributed by atoms with Crippen LogP contribution in [0.15, 0.2) is 16.9 Å². The Balaban J connectivity index is 1.59. The quantitative estimate of drug-likeness (QED) is 0.770. The minimum Gasteiger partial charge on any atom is -0.364 e. The van der Waals surface area contributed by atoms with Crippen molar-refractivity contribution in [2.24, 2.45) is 0 Å². The molecule has 1 saturated carbocycles. The van der Waals surface area contributed by atoms with Crippen molar-refractivity contribution in [2.45, 2.75) is 50.7 Å². The number of aromatic nitrogens is 1. The van der Waals surface area contributed by atoms with E-state index in [1.54, 1.807) is 10.4 Å². The molecule has 0 amide bonds. The van der Waals surface area contributed by atoms with Crippen LogP contribution in [-0.4, -0.2) is 43.1 Å². The van der Waals surface area contributed by atoms with Crippen LogP contribution in [0.3, 0.4) is 0 Å². The lowest BCUT2D eigenvalue weighted by molar-refractivity contribution is 0.242. The SMILES string of the molecule is O=S(=O)(NCc1ccon1)N1CCCCC1CNC1CC1. The summed E-state index contributed by atoms with van der Waals surface area (Å²) in [5.74, 6) is 0. The third kappa shape index (κ3) is 4.03. The summed E-state index contributed by atoms with van der Waals surface area (Å²) >= 11 is 0. The van der Waals surface area contributed by atoms with E-state index in [9.17, 15) is 8.42 Å². The van der Waals surface area contributed by atoms with Crippen molar-refractivity contribution in [3.05, 3.63) is 18.0 Å². The van der Waals surface area contributed by atoms with E-state index in [-0.39, 0.29) is 12.6 Å². The fourth-order valence-corrected chi connectivity index (χ4v) is 4.10. The van der Waals surface area contributed by atoms with Crippen LogP contribution in [-0.2, 0) is 16.8 Å². The zero-order valence-corrected chi connectivity index (χ0v) is 12.8. The van der Waals surface area contributed by atoms with Gasteiger partial charge < -0.3 is 9.84 Å². The monoisotopic (exact) mass is 314 g/mol. The van der Waals surface area contributed by atoms with Crippen LogP contribution in [0.5, 0.6) is 0 Å². The second kappa shape index (κ2) is 6.43. The molecule has 1 saturated heterocycles. The van der Waals surface area contributed by atoms with Crippen molar-refractivity contribution in [1.29, 1.82) is 0 Å². The van der Waals surface area contributed by atoms with Gasteiger partial charge in [-0.05, 0) is 25.7 Å². The van der Waals surface area contributed by atoms with Crippen molar-refractivity contribution in [3.63, 3.8) is 0 Å². The highest BCUT2D eigenvalue weighted by atomic mass is 32.2. The van der Waals surface area contributed by atoms with E-state index in [4.69, 9.17) is 4.52 Å². The molecule has 1 aromatic heterocycles. The van der Waals surface area contributed by atoms with Gasteiger partial charge >= 0.3 is 0 Å². The van der Waals surface area contributed by atoms with E-state index in [1.807, 2.05) is 0 Å². The van der Waals surface area contributed by atoms with Crippen LogP contribution in [0.25, 0.3) is 0 Å². The van der Waals surface area contributed by atoms with E-state index in [0.29, 0.717) is 18.3 Å². The van der Waals surface area contributed by atoms with Crippen LogP contribution in [0.1, 0.15) is 37.8 Å². The molecule has 7 nitrogen and oxygen atoms in total. The first-order valence-electron chi connectivity index (χ1n) is 7.54. The fraction of sp³-hybridized carbons (Fsp3) is 0.769. The lowest BCUT2D eigenvalue weighted by atomic mass is 10.1. The highest BCUT2D eigenvalue weighted by Crippen LogP contribution is 2.22. The van der Waals surface area contributed by atoms with E-state index >= 15 is 0 Å². The molecule has 2 fully saturated rings. The molecular weight excluding hydrogens is 292 g/mol. The van der Waals surface area contributed by atoms with Gasteiger partial charge in [-0.2, -0.15) is 17.4 Å². The molecule has 0 aromatic carbocycles. The van der Waals surface area contributed by atoms with Crippen LogP contribution in [0.2, 0.25) is 0 Å². The number of hydrogen-bond acceptors (Lipinski definition) is 5. The van der Waals surface area contributed by atoms with Gasteiger partial charge in [0, 0.05) is 31.2 Å². The first-order valence-corrected chi connectivity index (χ1v) is 8.98. The molecule has 2 N–H and O–H groups in total. The zero-order chi connectivity index (χ0) is 14.7. The maximum absolute atomic E-state index is 12.5. The van der Waals surface area contributed by atoms with Gasteiger partial charge in [0.2, 0.25) is 0 Å². The molecule has 2 aliphatic rings. The van der Waals surface area contributed by atoms with Crippen molar-refractivity contribution in [1.82, 2.24) is 19.5 Å². The largest absolute Gasteiger partial charge is 0.364 e. The second-order valence-corrected chi connectivity index (χ2v) is 7.47. The minimum atomic E-state index is -3.47. The third-order valence-electron chi connectivity index (χ3n) is 4.03. The number of piperidine rings is 1. The topological polar surface area (TPSA) is 87.5 Å². The van der Waals surface area contributed by atoms with E-state index in [0.717, 1.165) is 25.8 Å². The normalized spacial score (nSPS) is 24.3. The standard InChI is InChI=1S/C13H22N4O3S/c18-21(19,15-9-12-6-8-20-16-12)17-7-2-1-3-13(17)10-14-11-4-5-11/h6,8,11,13-15H,1-5,7,9-10H2. The molecule has 21 heavy (non-hydrogen) atoms. The Bertz CT molecular complexity index is 542. The maximum Gasteiger partial charge on any atom is 0.280 e. The van der Waals surface area contributed by atoms with Gasteiger partial charge in [0.25, 0.3) is 10.2 Å². The molecule has 3 rings (SSSR count). The highest BCUT2D eigenvalue weighted by Gasteiger charge is 2.33. The number of nitrogens with one attached hydrogen (secondary N) is 2. The maximum atomic E-state index is 12.5. The average Bonchev–Trinajstić information content (AvgIpc) is 3.17. The predicted octanol–water partition coefficient (Wildman–Crippen LogP) is 0.615. The summed E-state index contributed by atoms with van der Waals surface area (Å²) in [6, 6.07) is 2.30. The predicted molar refractivity (Wildman–Crippen MR) is 77.6 cm³/mol. The van der Waals surface area contributed by atoms with Crippen molar-refractivity contribution in [2.75, 3.05) is 13.1 Å². The van der Waals surface area contributed by atoms with E-state index in [2.05, 4.69) is 15.2 Å². The molecule has 1 atom stereocenters. The van der Waals surface area contributed by atoms with Crippen LogP contribution < -0.4 is 10.0 Å².